The van der Waals surface area contributed by atoms with Crippen LogP contribution in [0.4, 0.5) is 0 Å². The molecule has 0 amide bonds. The third kappa shape index (κ3) is 4.05. The Bertz CT molecular complexity index is 955. The van der Waals surface area contributed by atoms with E-state index in [2.05, 4.69) is 47.8 Å². The zero-order chi connectivity index (χ0) is 19.5. The summed E-state index contributed by atoms with van der Waals surface area (Å²) in [7, 11) is 1.69. The van der Waals surface area contributed by atoms with E-state index < -0.39 is 0 Å². The highest BCUT2D eigenvalue weighted by Gasteiger charge is 2.28. The number of ether oxygens (including phenoxy) is 1. The van der Waals surface area contributed by atoms with Crippen molar-refractivity contribution in [3.05, 3.63) is 99.0 Å². The molecule has 1 aliphatic rings. The number of halogens is 2. The first-order valence-electron chi connectivity index (χ1n) is 9.56. The van der Waals surface area contributed by atoms with Gasteiger partial charge in [0.1, 0.15) is 5.75 Å². The Morgan fingerprint density at radius 3 is 2.36 bits per heavy atom. The number of rotatable bonds is 5. The van der Waals surface area contributed by atoms with Crippen LogP contribution in [0.15, 0.2) is 66.7 Å². The first-order valence-corrected chi connectivity index (χ1v) is 10.3. The van der Waals surface area contributed by atoms with Crippen molar-refractivity contribution in [3.8, 4) is 5.75 Å². The smallest absolute Gasteiger partial charge is 0.118 e. The van der Waals surface area contributed by atoms with Crippen molar-refractivity contribution in [2.75, 3.05) is 7.11 Å². The van der Waals surface area contributed by atoms with Gasteiger partial charge in [-0.1, -0.05) is 65.7 Å². The fourth-order valence-electron chi connectivity index (χ4n) is 4.06. The predicted molar refractivity (Wildman–Crippen MR) is 117 cm³/mol. The van der Waals surface area contributed by atoms with Gasteiger partial charge in [0, 0.05) is 18.5 Å². The normalized spacial score (nSPS) is 18.5. The van der Waals surface area contributed by atoms with Gasteiger partial charge in [-0.25, -0.2) is 0 Å². The Morgan fingerprint density at radius 2 is 1.64 bits per heavy atom. The molecule has 4 rings (SSSR count). The maximum Gasteiger partial charge on any atom is 0.118 e. The number of benzene rings is 3. The molecule has 28 heavy (non-hydrogen) atoms. The lowest BCUT2D eigenvalue weighted by atomic mass is 9.76. The van der Waals surface area contributed by atoms with Crippen molar-refractivity contribution in [3.63, 3.8) is 0 Å². The van der Waals surface area contributed by atoms with E-state index in [1.807, 2.05) is 24.3 Å². The van der Waals surface area contributed by atoms with Crippen LogP contribution in [-0.2, 0) is 6.54 Å². The first kappa shape index (κ1) is 19.3. The van der Waals surface area contributed by atoms with E-state index in [4.69, 9.17) is 27.9 Å². The lowest BCUT2D eigenvalue weighted by molar-refractivity contribution is 0.414. The van der Waals surface area contributed by atoms with Gasteiger partial charge in [0.25, 0.3) is 0 Å². The third-order valence-corrected chi connectivity index (χ3v) is 6.29. The Balaban J connectivity index is 1.54. The van der Waals surface area contributed by atoms with Crippen LogP contribution >= 0.6 is 23.2 Å². The summed E-state index contributed by atoms with van der Waals surface area (Å²) in [5.74, 6) is 1.24. The molecule has 3 aromatic carbocycles. The Morgan fingerprint density at radius 1 is 0.893 bits per heavy atom. The van der Waals surface area contributed by atoms with Gasteiger partial charge in [0.2, 0.25) is 0 Å². The van der Waals surface area contributed by atoms with Gasteiger partial charge in [0.05, 0.1) is 17.2 Å². The van der Waals surface area contributed by atoms with E-state index in [1.54, 1.807) is 7.11 Å². The molecule has 2 nitrogen and oxygen atoms in total. The molecular formula is C24H23Cl2NO. The van der Waals surface area contributed by atoms with Gasteiger partial charge in [-0.2, -0.15) is 0 Å². The highest BCUT2D eigenvalue weighted by molar-refractivity contribution is 6.42. The molecule has 0 aliphatic heterocycles. The molecule has 144 valence electrons. The number of hydrogen-bond donors (Lipinski definition) is 1. The van der Waals surface area contributed by atoms with Gasteiger partial charge in [0.15, 0.2) is 0 Å². The second-order valence-electron chi connectivity index (χ2n) is 7.21. The van der Waals surface area contributed by atoms with Crippen molar-refractivity contribution >= 4 is 23.2 Å². The van der Waals surface area contributed by atoms with Crippen molar-refractivity contribution in [1.29, 1.82) is 0 Å². The second kappa shape index (κ2) is 8.57. The van der Waals surface area contributed by atoms with E-state index in [0.29, 0.717) is 22.0 Å². The number of hydrogen-bond acceptors (Lipinski definition) is 2. The standard InChI is InChI=1S/C24H23Cl2NO/c1-28-18-9-6-16(7-10-18)15-27-24-13-11-19(20-4-2-3-5-21(20)24)17-8-12-22(25)23(26)14-17/h2-10,12,14,19,24,27H,11,13,15H2,1H3/t19-,24?/m0/s1. The minimum atomic E-state index is 0.345. The van der Waals surface area contributed by atoms with Crippen molar-refractivity contribution < 1.29 is 4.74 Å². The summed E-state index contributed by atoms with van der Waals surface area (Å²) in [4.78, 5) is 0. The molecule has 0 spiro atoms. The minimum absolute atomic E-state index is 0.345. The Hall–Kier alpha value is -2.00. The highest BCUT2D eigenvalue weighted by atomic mass is 35.5. The second-order valence-corrected chi connectivity index (χ2v) is 8.03. The molecule has 1 N–H and O–H groups in total. The van der Waals surface area contributed by atoms with Crippen LogP contribution in [0.2, 0.25) is 10.0 Å². The van der Waals surface area contributed by atoms with Crippen LogP contribution in [0, 0.1) is 0 Å². The lowest BCUT2D eigenvalue weighted by Gasteiger charge is -2.33. The molecule has 1 unspecified atom stereocenters. The zero-order valence-electron chi connectivity index (χ0n) is 15.8. The molecule has 0 fully saturated rings. The summed E-state index contributed by atoms with van der Waals surface area (Å²) in [5, 5.41) is 4.96. The first-order chi connectivity index (χ1) is 13.7. The molecule has 0 radical (unpaired) electrons. The van der Waals surface area contributed by atoms with Gasteiger partial charge in [-0.05, 0) is 59.4 Å². The van der Waals surface area contributed by atoms with E-state index in [0.717, 1.165) is 25.1 Å². The van der Waals surface area contributed by atoms with Crippen LogP contribution in [0.3, 0.4) is 0 Å². The average Bonchev–Trinajstić information content (AvgIpc) is 2.74. The molecule has 0 aromatic heterocycles. The maximum atomic E-state index is 6.27. The molecule has 2 atom stereocenters. The van der Waals surface area contributed by atoms with Crippen LogP contribution in [-0.4, -0.2) is 7.11 Å². The van der Waals surface area contributed by atoms with Crippen molar-refractivity contribution in [2.24, 2.45) is 0 Å². The quantitative estimate of drug-likeness (QED) is 0.500. The van der Waals surface area contributed by atoms with Gasteiger partial charge in [-0.3, -0.25) is 0 Å². The van der Waals surface area contributed by atoms with Gasteiger partial charge >= 0.3 is 0 Å². The molecule has 0 bridgehead atoms. The molecule has 0 saturated heterocycles. The molecule has 0 heterocycles. The largest absolute Gasteiger partial charge is 0.497 e. The topological polar surface area (TPSA) is 21.3 Å². The highest BCUT2D eigenvalue weighted by Crippen LogP contribution is 2.42. The van der Waals surface area contributed by atoms with Crippen LogP contribution in [0.25, 0.3) is 0 Å². The van der Waals surface area contributed by atoms with E-state index in [-0.39, 0.29) is 0 Å². The van der Waals surface area contributed by atoms with E-state index in [1.165, 1.54) is 22.3 Å². The minimum Gasteiger partial charge on any atom is -0.497 e. The fraction of sp³-hybridized carbons (Fsp3) is 0.250. The third-order valence-electron chi connectivity index (χ3n) is 5.55. The monoisotopic (exact) mass is 411 g/mol. The fourth-order valence-corrected chi connectivity index (χ4v) is 4.37. The molecule has 3 aromatic rings. The summed E-state index contributed by atoms with van der Waals surface area (Å²) in [6, 6.07) is 23.3. The van der Waals surface area contributed by atoms with Gasteiger partial charge < -0.3 is 10.1 Å². The SMILES string of the molecule is COc1ccc(CNC2CC[C@@H](c3ccc(Cl)c(Cl)c3)c3ccccc32)cc1. The molecule has 4 heteroatoms. The number of nitrogens with one attached hydrogen (secondary N) is 1. The van der Waals surface area contributed by atoms with E-state index in [9.17, 15) is 0 Å². The number of methoxy groups -OCH3 is 1. The summed E-state index contributed by atoms with van der Waals surface area (Å²) < 4.78 is 5.24. The summed E-state index contributed by atoms with van der Waals surface area (Å²) in [5.41, 5.74) is 5.23. The molecule has 1 aliphatic carbocycles. The van der Waals surface area contributed by atoms with Crippen molar-refractivity contribution in [1.82, 2.24) is 5.32 Å². The Labute approximate surface area is 176 Å². The lowest BCUT2D eigenvalue weighted by Crippen LogP contribution is -2.26. The van der Waals surface area contributed by atoms with E-state index >= 15 is 0 Å². The molecule has 0 saturated carbocycles. The summed E-state index contributed by atoms with van der Waals surface area (Å²) >= 11 is 12.4. The van der Waals surface area contributed by atoms with Crippen molar-refractivity contribution in [2.45, 2.75) is 31.3 Å². The van der Waals surface area contributed by atoms with Crippen LogP contribution < -0.4 is 10.1 Å². The number of fused-ring (bicyclic) bond motifs is 1. The average molecular weight is 412 g/mol. The zero-order valence-corrected chi connectivity index (χ0v) is 17.3. The van der Waals surface area contributed by atoms with Gasteiger partial charge in [-0.15, -0.1) is 0 Å². The summed E-state index contributed by atoms with van der Waals surface area (Å²) in [6.07, 6.45) is 2.16. The molecular weight excluding hydrogens is 389 g/mol. The Kier molecular flexibility index (Phi) is 5.91. The predicted octanol–water partition coefficient (Wildman–Crippen LogP) is 6.76. The maximum absolute atomic E-state index is 6.27. The van der Waals surface area contributed by atoms with Crippen LogP contribution in [0.1, 0.15) is 47.1 Å². The van der Waals surface area contributed by atoms with Crippen LogP contribution in [0.5, 0.6) is 5.75 Å². The summed E-state index contributed by atoms with van der Waals surface area (Å²) in [6.45, 7) is 0.834.